The van der Waals surface area contributed by atoms with E-state index in [1.807, 2.05) is 31.3 Å². The van der Waals surface area contributed by atoms with Gasteiger partial charge in [0.05, 0.1) is 6.10 Å². The number of fused-ring (bicyclic) bond motifs is 3. The third-order valence-corrected chi connectivity index (χ3v) is 4.98. The molecule has 0 bridgehead atoms. The Morgan fingerprint density at radius 2 is 2.04 bits per heavy atom. The van der Waals surface area contributed by atoms with E-state index in [-0.39, 0.29) is 31.5 Å². The van der Waals surface area contributed by atoms with Crippen molar-refractivity contribution in [3.05, 3.63) is 35.4 Å². The van der Waals surface area contributed by atoms with Crippen LogP contribution in [0.15, 0.2) is 24.3 Å². The van der Waals surface area contributed by atoms with E-state index in [4.69, 9.17) is 18.9 Å². The van der Waals surface area contributed by atoms with E-state index >= 15 is 0 Å². The first-order valence-electron chi connectivity index (χ1n) is 7.68. The number of hydrogen-bond donors (Lipinski definition) is 1. The first-order chi connectivity index (χ1) is 11.2. The highest BCUT2D eigenvalue weighted by Crippen LogP contribution is 2.46. The topological polar surface area (TPSA) is 66.0 Å². The lowest BCUT2D eigenvalue weighted by molar-refractivity contribution is -0.153. The number of ether oxygens (including phenoxy) is 4. The van der Waals surface area contributed by atoms with E-state index in [2.05, 4.69) is 5.32 Å². The Bertz CT molecular complexity index is 686. The van der Waals surface area contributed by atoms with Gasteiger partial charge < -0.3 is 24.3 Å². The lowest BCUT2D eigenvalue weighted by atomic mass is 9.67. The largest absolute Gasteiger partial charge is 0.460 e. The minimum atomic E-state index is -0.863. The Labute approximate surface area is 134 Å². The number of methoxy groups -OCH3 is 1. The highest BCUT2D eigenvalue weighted by molar-refractivity contribution is 5.89. The van der Waals surface area contributed by atoms with Crippen molar-refractivity contribution < 1.29 is 23.7 Å². The molecule has 1 N–H and O–H groups in total. The molecule has 1 aliphatic carbocycles. The van der Waals surface area contributed by atoms with Crippen LogP contribution in [0.4, 0.5) is 0 Å². The summed E-state index contributed by atoms with van der Waals surface area (Å²) in [5.41, 5.74) is 1.01. The van der Waals surface area contributed by atoms with Crippen molar-refractivity contribution in [3.8, 4) is 11.5 Å². The van der Waals surface area contributed by atoms with Crippen molar-refractivity contribution in [1.29, 1.82) is 0 Å². The van der Waals surface area contributed by atoms with E-state index in [9.17, 15) is 4.79 Å². The van der Waals surface area contributed by atoms with E-state index in [0.29, 0.717) is 17.9 Å². The summed E-state index contributed by atoms with van der Waals surface area (Å²) in [6.07, 6.45) is 4.51. The Hall–Kier alpha value is -2.05. The second-order valence-corrected chi connectivity index (χ2v) is 6.02. The summed E-state index contributed by atoms with van der Waals surface area (Å²) in [7, 11) is 3.53. The van der Waals surface area contributed by atoms with Crippen LogP contribution in [0.25, 0.3) is 0 Å². The number of likely N-dealkylation sites (N-methyl/N-ethyl adjacent to an activating group) is 1. The molecule has 6 heteroatoms. The first-order valence-corrected chi connectivity index (χ1v) is 7.68. The third kappa shape index (κ3) is 1.98. The molecule has 1 aromatic carbocycles. The third-order valence-electron chi connectivity index (χ3n) is 4.98. The zero-order chi connectivity index (χ0) is 16.0. The van der Waals surface area contributed by atoms with Gasteiger partial charge in [-0.05, 0) is 36.7 Å². The fourth-order valence-electron chi connectivity index (χ4n) is 3.74. The predicted octanol–water partition coefficient (Wildman–Crippen LogP) is 1.27. The van der Waals surface area contributed by atoms with Crippen LogP contribution in [0, 0.1) is 0 Å². The van der Waals surface area contributed by atoms with Gasteiger partial charge in [0.1, 0.15) is 12.0 Å². The van der Waals surface area contributed by atoms with Gasteiger partial charge in [-0.3, -0.25) is 4.79 Å². The maximum atomic E-state index is 12.8. The second-order valence-electron chi connectivity index (χ2n) is 6.02. The lowest BCUT2D eigenvalue weighted by Crippen LogP contribution is -2.57. The zero-order valence-corrected chi connectivity index (χ0v) is 13.1. The Kier molecular flexibility index (Phi) is 3.32. The van der Waals surface area contributed by atoms with Gasteiger partial charge in [0.25, 0.3) is 0 Å². The van der Waals surface area contributed by atoms with Gasteiger partial charge in [-0.2, -0.15) is 0 Å². The number of benzene rings is 1. The normalized spacial score (nSPS) is 31.1. The molecule has 3 aliphatic rings. The molecule has 122 valence electrons. The summed E-state index contributed by atoms with van der Waals surface area (Å²) in [4.78, 5) is 12.8. The first kappa shape index (κ1) is 14.5. The Balaban J connectivity index is 1.90. The molecular weight excluding hydrogens is 298 g/mol. The molecule has 2 heterocycles. The average Bonchev–Trinajstić information content (AvgIpc) is 3.04. The fourth-order valence-corrected chi connectivity index (χ4v) is 3.74. The molecule has 6 nitrogen and oxygen atoms in total. The predicted molar refractivity (Wildman–Crippen MR) is 81.4 cm³/mol. The molecule has 23 heavy (non-hydrogen) atoms. The van der Waals surface area contributed by atoms with E-state index < -0.39 is 5.41 Å². The van der Waals surface area contributed by atoms with Crippen LogP contribution in [0.5, 0.6) is 11.5 Å². The average molecular weight is 317 g/mol. The van der Waals surface area contributed by atoms with Crippen molar-refractivity contribution in [1.82, 2.24) is 5.32 Å². The van der Waals surface area contributed by atoms with Gasteiger partial charge in [-0.1, -0.05) is 12.2 Å². The molecule has 3 unspecified atom stereocenters. The number of carbonyl (C=O) groups excluding carboxylic acids is 1. The number of carbonyl (C=O) groups is 1. The zero-order valence-electron chi connectivity index (χ0n) is 13.1. The molecular formula is C17H19NO5. The summed E-state index contributed by atoms with van der Waals surface area (Å²) in [6.45, 7) is 0.460. The molecule has 0 radical (unpaired) electrons. The van der Waals surface area contributed by atoms with Crippen molar-refractivity contribution >= 4 is 5.97 Å². The van der Waals surface area contributed by atoms with Crippen molar-refractivity contribution in [2.75, 3.05) is 21.0 Å². The van der Waals surface area contributed by atoms with Crippen molar-refractivity contribution in [2.24, 2.45) is 0 Å². The van der Waals surface area contributed by atoms with E-state index in [1.165, 1.54) is 0 Å². The van der Waals surface area contributed by atoms with Crippen LogP contribution in [-0.4, -0.2) is 39.1 Å². The van der Waals surface area contributed by atoms with Gasteiger partial charge in [0, 0.05) is 13.2 Å². The molecule has 4 rings (SSSR count). The Morgan fingerprint density at radius 1 is 1.26 bits per heavy atom. The standard InChI is InChI=1S/C17H19NO5/c1-18-15-6-11(20-2)3-4-17(15)12-7-14-13(22-9-23-14)5-10(12)8-21-16(17)19/h3-5,7,11,15,18H,6,8-9H2,1-2H3. The fraction of sp³-hybridized carbons (Fsp3) is 0.471. The number of hydrogen-bond acceptors (Lipinski definition) is 6. The minimum absolute atomic E-state index is 0.0229. The van der Waals surface area contributed by atoms with E-state index in [0.717, 1.165) is 11.1 Å². The summed E-state index contributed by atoms with van der Waals surface area (Å²) >= 11 is 0. The smallest absolute Gasteiger partial charge is 0.322 e. The molecule has 0 amide bonds. The van der Waals surface area contributed by atoms with Crippen LogP contribution >= 0.6 is 0 Å². The molecule has 1 aromatic rings. The Morgan fingerprint density at radius 3 is 2.78 bits per heavy atom. The van der Waals surface area contributed by atoms with Gasteiger partial charge in [0.2, 0.25) is 6.79 Å². The minimum Gasteiger partial charge on any atom is -0.460 e. The van der Waals surface area contributed by atoms with Gasteiger partial charge in [-0.15, -0.1) is 0 Å². The van der Waals surface area contributed by atoms with Crippen LogP contribution in [0.1, 0.15) is 17.5 Å². The molecule has 3 atom stereocenters. The summed E-state index contributed by atoms with van der Waals surface area (Å²) in [5, 5.41) is 3.26. The summed E-state index contributed by atoms with van der Waals surface area (Å²) in [6, 6.07) is 3.71. The number of esters is 1. The maximum Gasteiger partial charge on any atom is 0.322 e. The lowest BCUT2D eigenvalue weighted by Gasteiger charge is -2.43. The van der Waals surface area contributed by atoms with Crippen LogP contribution in [-0.2, 0) is 26.3 Å². The molecule has 0 fully saturated rings. The molecule has 0 aromatic heterocycles. The highest BCUT2D eigenvalue weighted by atomic mass is 16.7. The van der Waals surface area contributed by atoms with Gasteiger partial charge in [-0.25, -0.2) is 0 Å². The van der Waals surface area contributed by atoms with Crippen LogP contribution in [0.2, 0.25) is 0 Å². The van der Waals surface area contributed by atoms with Gasteiger partial charge >= 0.3 is 5.97 Å². The van der Waals surface area contributed by atoms with Gasteiger partial charge in [0.15, 0.2) is 11.5 Å². The van der Waals surface area contributed by atoms with E-state index in [1.54, 1.807) is 7.11 Å². The maximum absolute atomic E-state index is 12.8. The number of rotatable bonds is 2. The number of nitrogens with one attached hydrogen (secondary N) is 1. The number of cyclic esters (lactones) is 1. The monoisotopic (exact) mass is 317 g/mol. The van der Waals surface area contributed by atoms with Crippen LogP contribution < -0.4 is 14.8 Å². The van der Waals surface area contributed by atoms with Crippen LogP contribution in [0.3, 0.4) is 0 Å². The van der Waals surface area contributed by atoms with Crippen molar-refractivity contribution in [3.63, 3.8) is 0 Å². The summed E-state index contributed by atoms with van der Waals surface area (Å²) < 4.78 is 21.9. The SMILES string of the molecule is CNC1CC(OC)C=CC12C(=O)OCc1cc3c(cc12)OCO3. The molecule has 0 saturated heterocycles. The quantitative estimate of drug-likeness (QED) is 0.655. The summed E-state index contributed by atoms with van der Waals surface area (Å²) in [5.74, 6) is 1.14. The molecule has 2 aliphatic heterocycles. The molecule has 1 spiro atoms. The highest BCUT2D eigenvalue weighted by Gasteiger charge is 2.52. The molecule has 0 saturated carbocycles. The second kappa shape index (κ2) is 5.25. The van der Waals surface area contributed by atoms with Crippen molar-refractivity contribution in [2.45, 2.75) is 30.6 Å².